The zero-order valence-electron chi connectivity index (χ0n) is 10.2. The highest BCUT2D eigenvalue weighted by Crippen LogP contribution is 2.23. The van der Waals surface area contributed by atoms with E-state index >= 15 is 0 Å². The summed E-state index contributed by atoms with van der Waals surface area (Å²) in [5.74, 6) is 1.56. The first kappa shape index (κ1) is 11.9. The largest absolute Gasteiger partial charge is 0.384 e. The van der Waals surface area contributed by atoms with Crippen LogP contribution in [-0.2, 0) is 9.53 Å². The van der Waals surface area contributed by atoms with Gasteiger partial charge in [0.15, 0.2) is 0 Å². The summed E-state index contributed by atoms with van der Waals surface area (Å²) >= 11 is 0. The molecule has 0 saturated carbocycles. The highest BCUT2D eigenvalue weighted by molar-refractivity contribution is 5.80. The molecule has 16 heavy (non-hydrogen) atoms. The number of carbonyl (C=O) groups excluding carboxylic acids is 1. The quantitative estimate of drug-likeness (QED) is 0.754. The smallest absolute Gasteiger partial charge is 0.227 e. The summed E-state index contributed by atoms with van der Waals surface area (Å²) in [6, 6.07) is 0. The predicted octanol–water partition coefficient (Wildman–Crippen LogP) is 0.337. The van der Waals surface area contributed by atoms with E-state index in [-0.39, 0.29) is 5.92 Å². The van der Waals surface area contributed by atoms with Crippen molar-refractivity contribution >= 4 is 5.91 Å². The lowest BCUT2D eigenvalue weighted by Crippen LogP contribution is -2.37. The molecule has 2 saturated heterocycles. The third kappa shape index (κ3) is 2.38. The van der Waals surface area contributed by atoms with Gasteiger partial charge in [-0.05, 0) is 18.9 Å². The molecule has 0 spiro atoms. The molecule has 0 aromatic rings. The highest BCUT2D eigenvalue weighted by atomic mass is 16.5. The van der Waals surface area contributed by atoms with Crippen LogP contribution >= 0.6 is 0 Å². The van der Waals surface area contributed by atoms with Crippen molar-refractivity contribution in [1.29, 1.82) is 0 Å². The molecule has 2 rings (SSSR count). The standard InChI is InChI=1S/C12H22N2O2/c1-9-5-13-6-11(9)12(15)14-4-3-10(7-14)8-16-2/h9-11,13H,3-8H2,1-2H3. The van der Waals surface area contributed by atoms with Crippen LogP contribution in [0.1, 0.15) is 13.3 Å². The number of amides is 1. The molecule has 0 bridgehead atoms. The molecule has 0 aromatic heterocycles. The second-order valence-electron chi connectivity index (χ2n) is 5.14. The number of rotatable bonds is 3. The van der Waals surface area contributed by atoms with E-state index in [1.165, 1.54) is 0 Å². The van der Waals surface area contributed by atoms with Crippen molar-refractivity contribution in [2.24, 2.45) is 17.8 Å². The maximum atomic E-state index is 12.3. The Morgan fingerprint density at radius 3 is 2.94 bits per heavy atom. The van der Waals surface area contributed by atoms with Crippen LogP contribution in [0.2, 0.25) is 0 Å². The van der Waals surface area contributed by atoms with Crippen LogP contribution in [0.25, 0.3) is 0 Å². The monoisotopic (exact) mass is 226 g/mol. The first-order valence-electron chi connectivity index (χ1n) is 6.20. The van der Waals surface area contributed by atoms with Crippen LogP contribution < -0.4 is 5.32 Å². The minimum absolute atomic E-state index is 0.196. The number of likely N-dealkylation sites (tertiary alicyclic amines) is 1. The van der Waals surface area contributed by atoms with Crippen LogP contribution in [0.15, 0.2) is 0 Å². The van der Waals surface area contributed by atoms with E-state index in [1.54, 1.807) is 7.11 Å². The lowest BCUT2D eigenvalue weighted by atomic mass is 9.97. The van der Waals surface area contributed by atoms with E-state index in [2.05, 4.69) is 12.2 Å². The van der Waals surface area contributed by atoms with E-state index in [4.69, 9.17) is 4.74 Å². The Balaban J connectivity index is 1.86. The van der Waals surface area contributed by atoms with Gasteiger partial charge in [-0.2, -0.15) is 0 Å². The fourth-order valence-electron chi connectivity index (χ4n) is 2.78. The molecule has 0 radical (unpaired) electrons. The van der Waals surface area contributed by atoms with Crippen LogP contribution in [-0.4, -0.2) is 50.7 Å². The van der Waals surface area contributed by atoms with E-state index in [0.29, 0.717) is 17.7 Å². The van der Waals surface area contributed by atoms with Crippen molar-refractivity contribution in [2.45, 2.75) is 13.3 Å². The molecule has 3 atom stereocenters. The third-order valence-corrected chi connectivity index (χ3v) is 3.83. The molecule has 4 heteroatoms. The SMILES string of the molecule is COCC1CCN(C(=O)C2CNCC2C)C1. The van der Waals surface area contributed by atoms with Gasteiger partial charge in [0.2, 0.25) is 5.91 Å². The summed E-state index contributed by atoms with van der Waals surface area (Å²) < 4.78 is 5.15. The summed E-state index contributed by atoms with van der Waals surface area (Å²) in [5.41, 5.74) is 0. The van der Waals surface area contributed by atoms with Crippen molar-refractivity contribution in [3.63, 3.8) is 0 Å². The number of hydrogen-bond acceptors (Lipinski definition) is 3. The van der Waals surface area contributed by atoms with Crippen molar-refractivity contribution in [1.82, 2.24) is 10.2 Å². The van der Waals surface area contributed by atoms with E-state index < -0.39 is 0 Å². The van der Waals surface area contributed by atoms with Crippen LogP contribution in [0.4, 0.5) is 0 Å². The van der Waals surface area contributed by atoms with Gasteiger partial charge in [-0.3, -0.25) is 4.79 Å². The molecule has 2 aliphatic heterocycles. The lowest BCUT2D eigenvalue weighted by Gasteiger charge is -2.22. The molecule has 0 aromatic carbocycles. The zero-order valence-corrected chi connectivity index (χ0v) is 10.2. The topological polar surface area (TPSA) is 41.6 Å². The van der Waals surface area contributed by atoms with Crippen molar-refractivity contribution in [3.8, 4) is 0 Å². The average molecular weight is 226 g/mol. The highest BCUT2D eigenvalue weighted by Gasteiger charge is 2.35. The van der Waals surface area contributed by atoms with Crippen molar-refractivity contribution in [2.75, 3.05) is 39.9 Å². The Morgan fingerprint density at radius 2 is 2.31 bits per heavy atom. The van der Waals surface area contributed by atoms with Crippen molar-refractivity contribution in [3.05, 3.63) is 0 Å². The van der Waals surface area contributed by atoms with Crippen LogP contribution in [0.3, 0.4) is 0 Å². The molecule has 2 aliphatic rings. The van der Waals surface area contributed by atoms with Crippen LogP contribution in [0, 0.1) is 17.8 Å². The number of methoxy groups -OCH3 is 1. The van der Waals surface area contributed by atoms with Gasteiger partial charge in [0.05, 0.1) is 12.5 Å². The lowest BCUT2D eigenvalue weighted by molar-refractivity contribution is -0.135. The molecule has 2 fully saturated rings. The molecule has 4 nitrogen and oxygen atoms in total. The fourth-order valence-corrected chi connectivity index (χ4v) is 2.78. The summed E-state index contributed by atoms with van der Waals surface area (Å²) in [7, 11) is 1.73. The molecular formula is C12H22N2O2. The fraction of sp³-hybridized carbons (Fsp3) is 0.917. The van der Waals surface area contributed by atoms with Gasteiger partial charge >= 0.3 is 0 Å². The summed E-state index contributed by atoms with van der Waals surface area (Å²) in [6.07, 6.45) is 1.09. The van der Waals surface area contributed by atoms with E-state index in [9.17, 15) is 4.79 Å². The molecule has 3 unspecified atom stereocenters. The molecule has 92 valence electrons. The van der Waals surface area contributed by atoms with E-state index in [0.717, 1.165) is 39.2 Å². The van der Waals surface area contributed by atoms with Gasteiger partial charge < -0.3 is 15.0 Å². The summed E-state index contributed by atoms with van der Waals surface area (Å²) in [5, 5.41) is 3.29. The van der Waals surface area contributed by atoms with Gasteiger partial charge in [0, 0.05) is 32.7 Å². The summed E-state index contributed by atoms with van der Waals surface area (Å²) in [4.78, 5) is 14.3. The summed E-state index contributed by atoms with van der Waals surface area (Å²) in [6.45, 7) is 6.57. The Labute approximate surface area is 97.3 Å². The molecule has 1 amide bonds. The maximum Gasteiger partial charge on any atom is 0.227 e. The Bertz CT molecular complexity index is 257. The van der Waals surface area contributed by atoms with Gasteiger partial charge in [0.25, 0.3) is 0 Å². The van der Waals surface area contributed by atoms with Crippen LogP contribution in [0.5, 0.6) is 0 Å². The Kier molecular flexibility index (Phi) is 3.82. The molecular weight excluding hydrogens is 204 g/mol. The second-order valence-corrected chi connectivity index (χ2v) is 5.14. The normalized spacial score (nSPS) is 34.6. The molecule has 1 N–H and O–H groups in total. The molecule has 2 heterocycles. The third-order valence-electron chi connectivity index (χ3n) is 3.83. The molecule has 0 aliphatic carbocycles. The predicted molar refractivity (Wildman–Crippen MR) is 62.1 cm³/mol. The maximum absolute atomic E-state index is 12.3. The van der Waals surface area contributed by atoms with E-state index in [1.807, 2.05) is 4.90 Å². The zero-order chi connectivity index (χ0) is 11.5. The second kappa shape index (κ2) is 5.15. The number of nitrogens with one attached hydrogen (secondary N) is 1. The minimum atomic E-state index is 0.196. The van der Waals surface area contributed by atoms with Gasteiger partial charge in [-0.15, -0.1) is 0 Å². The van der Waals surface area contributed by atoms with Gasteiger partial charge in [-0.1, -0.05) is 6.92 Å². The minimum Gasteiger partial charge on any atom is -0.384 e. The number of carbonyl (C=O) groups is 1. The first-order chi connectivity index (χ1) is 7.72. The Hall–Kier alpha value is -0.610. The van der Waals surface area contributed by atoms with Crippen molar-refractivity contribution < 1.29 is 9.53 Å². The first-order valence-corrected chi connectivity index (χ1v) is 6.20. The number of ether oxygens (including phenoxy) is 1. The Morgan fingerprint density at radius 1 is 1.50 bits per heavy atom. The van der Waals surface area contributed by atoms with Gasteiger partial charge in [-0.25, -0.2) is 0 Å². The number of nitrogens with zero attached hydrogens (tertiary/aromatic N) is 1. The average Bonchev–Trinajstić information content (AvgIpc) is 2.87. The van der Waals surface area contributed by atoms with Gasteiger partial charge in [0.1, 0.15) is 0 Å². The number of hydrogen-bond donors (Lipinski definition) is 1.